The zero-order valence-corrected chi connectivity index (χ0v) is 12.3. The Morgan fingerprint density at radius 3 is 2.67 bits per heavy atom. The number of hydrogen-bond donors (Lipinski definition) is 2. The standard InChI is InChI=1S/C17H20N2O2/c1-3-21-14-9-6-8-13(11-14)16(17(18)20)19-15-10-5-4-7-12(15)2/h4-11,16,19H,3H2,1-2H3,(H2,18,20). The molecule has 0 aliphatic carbocycles. The van der Waals surface area contributed by atoms with Crippen LogP contribution < -0.4 is 15.8 Å². The molecule has 110 valence electrons. The van der Waals surface area contributed by atoms with Crippen molar-refractivity contribution in [3.05, 3.63) is 59.7 Å². The molecule has 0 bridgehead atoms. The Hall–Kier alpha value is -2.49. The van der Waals surface area contributed by atoms with Crippen LogP contribution in [-0.4, -0.2) is 12.5 Å². The van der Waals surface area contributed by atoms with Gasteiger partial charge in [0.05, 0.1) is 6.61 Å². The smallest absolute Gasteiger partial charge is 0.244 e. The maximum atomic E-state index is 11.8. The van der Waals surface area contributed by atoms with Crippen molar-refractivity contribution < 1.29 is 9.53 Å². The Morgan fingerprint density at radius 2 is 2.00 bits per heavy atom. The maximum absolute atomic E-state index is 11.8. The maximum Gasteiger partial charge on any atom is 0.244 e. The molecule has 21 heavy (non-hydrogen) atoms. The fourth-order valence-corrected chi connectivity index (χ4v) is 2.16. The average molecular weight is 284 g/mol. The Bertz CT molecular complexity index is 626. The summed E-state index contributed by atoms with van der Waals surface area (Å²) in [6.45, 7) is 4.48. The van der Waals surface area contributed by atoms with Crippen LogP contribution in [0.25, 0.3) is 0 Å². The van der Waals surface area contributed by atoms with Gasteiger partial charge in [-0.1, -0.05) is 30.3 Å². The van der Waals surface area contributed by atoms with Gasteiger partial charge in [-0.15, -0.1) is 0 Å². The molecular weight excluding hydrogens is 264 g/mol. The summed E-state index contributed by atoms with van der Waals surface area (Å²) in [5, 5.41) is 3.20. The third kappa shape index (κ3) is 3.75. The third-order valence-electron chi connectivity index (χ3n) is 3.23. The Kier molecular flexibility index (Phi) is 4.82. The van der Waals surface area contributed by atoms with Crippen LogP contribution in [0.15, 0.2) is 48.5 Å². The van der Waals surface area contributed by atoms with Crippen LogP contribution >= 0.6 is 0 Å². The molecule has 0 aliphatic rings. The van der Waals surface area contributed by atoms with Crippen molar-refractivity contribution in [3.8, 4) is 5.75 Å². The van der Waals surface area contributed by atoms with Crippen molar-refractivity contribution >= 4 is 11.6 Å². The van der Waals surface area contributed by atoms with E-state index in [0.717, 1.165) is 22.6 Å². The summed E-state index contributed by atoms with van der Waals surface area (Å²) in [6.07, 6.45) is 0. The third-order valence-corrected chi connectivity index (χ3v) is 3.23. The van der Waals surface area contributed by atoms with E-state index >= 15 is 0 Å². The number of amides is 1. The molecule has 4 nitrogen and oxygen atoms in total. The first-order valence-electron chi connectivity index (χ1n) is 6.96. The number of ether oxygens (including phenoxy) is 1. The summed E-state index contributed by atoms with van der Waals surface area (Å²) in [5.74, 6) is 0.305. The first-order valence-corrected chi connectivity index (χ1v) is 6.96. The minimum absolute atomic E-state index is 0.424. The van der Waals surface area contributed by atoms with Gasteiger partial charge < -0.3 is 15.8 Å². The van der Waals surface area contributed by atoms with Crippen molar-refractivity contribution in [1.82, 2.24) is 0 Å². The first-order chi connectivity index (χ1) is 10.1. The minimum atomic E-state index is -0.591. The topological polar surface area (TPSA) is 64.3 Å². The molecule has 0 heterocycles. The lowest BCUT2D eigenvalue weighted by molar-refractivity contribution is -0.118. The monoisotopic (exact) mass is 284 g/mol. The molecule has 0 radical (unpaired) electrons. The van der Waals surface area contributed by atoms with Crippen molar-refractivity contribution in [2.75, 3.05) is 11.9 Å². The van der Waals surface area contributed by atoms with Gasteiger partial charge in [0.2, 0.25) is 5.91 Å². The van der Waals surface area contributed by atoms with Crippen molar-refractivity contribution in [2.24, 2.45) is 5.73 Å². The van der Waals surface area contributed by atoms with Gasteiger partial charge in [-0.2, -0.15) is 0 Å². The lowest BCUT2D eigenvalue weighted by Crippen LogP contribution is -2.28. The van der Waals surface area contributed by atoms with E-state index in [-0.39, 0.29) is 0 Å². The second kappa shape index (κ2) is 6.79. The highest BCUT2D eigenvalue weighted by Gasteiger charge is 2.18. The van der Waals surface area contributed by atoms with Gasteiger partial charge in [-0.25, -0.2) is 0 Å². The highest BCUT2D eigenvalue weighted by atomic mass is 16.5. The molecule has 1 amide bonds. The molecule has 0 aliphatic heterocycles. The summed E-state index contributed by atoms with van der Waals surface area (Å²) in [7, 11) is 0. The van der Waals surface area contributed by atoms with E-state index in [4.69, 9.17) is 10.5 Å². The lowest BCUT2D eigenvalue weighted by Gasteiger charge is -2.19. The normalized spacial score (nSPS) is 11.7. The van der Waals surface area contributed by atoms with Crippen molar-refractivity contribution in [2.45, 2.75) is 19.9 Å². The number of nitrogens with one attached hydrogen (secondary N) is 1. The average Bonchev–Trinajstić information content (AvgIpc) is 2.46. The zero-order chi connectivity index (χ0) is 15.2. The van der Waals surface area contributed by atoms with Gasteiger partial charge in [-0.3, -0.25) is 4.79 Å². The Morgan fingerprint density at radius 1 is 1.24 bits per heavy atom. The number of para-hydroxylation sites is 1. The molecule has 4 heteroatoms. The zero-order valence-electron chi connectivity index (χ0n) is 12.3. The summed E-state index contributed by atoms with van der Waals surface area (Å²) < 4.78 is 5.47. The van der Waals surface area contributed by atoms with Crippen LogP contribution in [-0.2, 0) is 4.79 Å². The lowest BCUT2D eigenvalue weighted by atomic mass is 10.0. The molecular formula is C17H20N2O2. The second-order valence-corrected chi connectivity index (χ2v) is 4.80. The van der Waals surface area contributed by atoms with Crippen LogP contribution in [0.5, 0.6) is 5.75 Å². The van der Waals surface area contributed by atoms with E-state index in [9.17, 15) is 4.79 Å². The molecule has 1 atom stereocenters. The number of anilines is 1. The fraction of sp³-hybridized carbons (Fsp3) is 0.235. The van der Waals surface area contributed by atoms with Crippen molar-refractivity contribution in [3.63, 3.8) is 0 Å². The first kappa shape index (κ1) is 14.9. The molecule has 0 saturated carbocycles. The quantitative estimate of drug-likeness (QED) is 0.857. The molecule has 2 aromatic carbocycles. The summed E-state index contributed by atoms with van der Waals surface area (Å²) >= 11 is 0. The Labute approximate surface area is 124 Å². The van der Waals surface area contributed by atoms with E-state index in [1.165, 1.54) is 0 Å². The number of rotatable bonds is 6. The van der Waals surface area contributed by atoms with E-state index in [2.05, 4.69) is 5.32 Å². The molecule has 2 aromatic rings. The number of primary amides is 1. The fourth-order valence-electron chi connectivity index (χ4n) is 2.16. The summed E-state index contributed by atoms with van der Waals surface area (Å²) in [6, 6.07) is 14.6. The van der Waals surface area contributed by atoms with Gasteiger partial charge in [-0.05, 0) is 43.2 Å². The molecule has 1 unspecified atom stereocenters. The second-order valence-electron chi connectivity index (χ2n) is 4.80. The highest BCUT2D eigenvalue weighted by Crippen LogP contribution is 2.24. The number of carbonyl (C=O) groups is 1. The summed E-state index contributed by atoms with van der Waals surface area (Å²) in [5.41, 5.74) is 8.29. The molecule has 0 fully saturated rings. The van der Waals surface area contributed by atoms with Crippen molar-refractivity contribution in [1.29, 1.82) is 0 Å². The van der Waals surface area contributed by atoms with E-state index in [1.807, 2.05) is 62.4 Å². The van der Waals surface area contributed by atoms with E-state index < -0.39 is 11.9 Å². The minimum Gasteiger partial charge on any atom is -0.494 e. The number of nitrogens with two attached hydrogens (primary N) is 1. The predicted molar refractivity (Wildman–Crippen MR) is 84.3 cm³/mol. The van der Waals surface area contributed by atoms with Gasteiger partial charge in [0.15, 0.2) is 0 Å². The van der Waals surface area contributed by atoms with Gasteiger partial charge in [0.25, 0.3) is 0 Å². The number of benzene rings is 2. The van der Waals surface area contributed by atoms with Crippen LogP contribution in [0, 0.1) is 6.92 Å². The molecule has 0 spiro atoms. The van der Waals surface area contributed by atoms with E-state index in [0.29, 0.717) is 6.61 Å². The van der Waals surface area contributed by atoms with Gasteiger partial charge in [0.1, 0.15) is 11.8 Å². The SMILES string of the molecule is CCOc1cccc(C(Nc2ccccc2C)C(N)=O)c1. The van der Waals surface area contributed by atoms with Crippen LogP contribution in [0.4, 0.5) is 5.69 Å². The van der Waals surface area contributed by atoms with Gasteiger partial charge in [0, 0.05) is 5.69 Å². The molecule has 2 rings (SSSR count). The predicted octanol–water partition coefficient (Wildman–Crippen LogP) is 3.03. The molecule has 0 aromatic heterocycles. The molecule has 3 N–H and O–H groups in total. The highest BCUT2D eigenvalue weighted by molar-refractivity contribution is 5.84. The molecule has 0 saturated heterocycles. The number of hydrogen-bond acceptors (Lipinski definition) is 3. The van der Waals surface area contributed by atoms with Gasteiger partial charge >= 0.3 is 0 Å². The summed E-state index contributed by atoms with van der Waals surface area (Å²) in [4.78, 5) is 11.8. The van der Waals surface area contributed by atoms with Crippen LogP contribution in [0.1, 0.15) is 24.1 Å². The largest absolute Gasteiger partial charge is 0.494 e. The van der Waals surface area contributed by atoms with Crippen LogP contribution in [0.2, 0.25) is 0 Å². The number of carbonyl (C=O) groups excluding carboxylic acids is 1. The number of aryl methyl sites for hydroxylation is 1. The Balaban J connectivity index is 2.29. The van der Waals surface area contributed by atoms with E-state index in [1.54, 1.807) is 0 Å². The van der Waals surface area contributed by atoms with Crippen LogP contribution in [0.3, 0.4) is 0 Å².